The van der Waals surface area contributed by atoms with Gasteiger partial charge >= 0.3 is 0 Å². The predicted molar refractivity (Wildman–Crippen MR) is 85.4 cm³/mol. The van der Waals surface area contributed by atoms with E-state index in [0.717, 1.165) is 20.5 Å². The second-order valence-corrected chi connectivity index (χ2v) is 6.05. The molecule has 0 fully saturated rings. The number of rotatable bonds is 4. The molecule has 0 radical (unpaired) electrons. The Morgan fingerprint density at radius 1 is 1.33 bits per heavy atom. The fraction of sp³-hybridized carbons (Fsp3) is 0.143. The van der Waals surface area contributed by atoms with E-state index in [9.17, 15) is 4.39 Å². The zero-order chi connectivity index (χ0) is 14.8. The number of fused-ring (bicyclic) bond motifs is 1. The SMILES string of the molecule is CNc1nc(COc2cc(Br)ccc2F)nc2sccc12. The number of anilines is 1. The summed E-state index contributed by atoms with van der Waals surface area (Å²) >= 11 is 4.82. The van der Waals surface area contributed by atoms with Gasteiger partial charge in [-0.1, -0.05) is 15.9 Å². The van der Waals surface area contributed by atoms with Gasteiger partial charge in [0.15, 0.2) is 17.4 Å². The Kier molecular flexibility index (Phi) is 4.03. The van der Waals surface area contributed by atoms with Crippen LogP contribution >= 0.6 is 27.3 Å². The van der Waals surface area contributed by atoms with Crippen molar-refractivity contribution < 1.29 is 9.13 Å². The van der Waals surface area contributed by atoms with E-state index in [-0.39, 0.29) is 12.4 Å². The third-order valence-corrected chi connectivity index (χ3v) is 4.16. The lowest BCUT2D eigenvalue weighted by Crippen LogP contribution is -2.05. The molecule has 0 unspecified atom stereocenters. The summed E-state index contributed by atoms with van der Waals surface area (Å²) in [6.07, 6.45) is 0. The van der Waals surface area contributed by atoms with Gasteiger partial charge in [-0.25, -0.2) is 14.4 Å². The van der Waals surface area contributed by atoms with Crippen LogP contribution in [0, 0.1) is 5.82 Å². The minimum Gasteiger partial charge on any atom is -0.482 e. The molecule has 1 aromatic carbocycles. The third kappa shape index (κ3) is 2.98. The Balaban J connectivity index is 1.86. The number of ether oxygens (including phenoxy) is 1. The van der Waals surface area contributed by atoms with Crippen molar-refractivity contribution in [3.63, 3.8) is 0 Å². The van der Waals surface area contributed by atoms with E-state index < -0.39 is 5.82 Å². The summed E-state index contributed by atoms with van der Waals surface area (Å²) in [5, 5.41) is 5.96. The van der Waals surface area contributed by atoms with Crippen molar-refractivity contribution in [2.45, 2.75) is 6.61 Å². The van der Waals surface area contributed by atoms with Gasteiger partial charge < -0.3 is 10.1 Å². The highest BCUT2D eigenvalue weighted by Crippen LogP contribution is 2.26. The lowest BCUT2D eigenvalue weighted by Gasteiger charge is -2.08. The van der Waals surface area contributed by atoms with Crippen molar-refractivity contribution in [1.82, 2.24) is 9.97 Å². The quantitative estimate of drug-likeness (QED) is 0.749. The van der Waals surface area contributed by atoms with E-state index in [0.29, 0.717) is 5.82 Å². The van der Waals surface area contributed by atoms with Crippen molar-refractivity contribution in [3.05, 3.63) is 45.8 Å². The molecule has 0 atom stereocenters. The maximum atomic E-state index is 13.6. The van der Waals surface area contributed by atoms with E-state index in [1.54, 1.807) is 19.2 Å². The molecule has 3 aromatic rings. The molecule has 4 nitrogen and oxygen atoms in total. The molecule has 0 aliphatic rings. The Labute approximate surface area is 133 Å². The summed E-state index contributed by atoms with van der Waals surface area (Å²) in [7, 11) is 1.80. The highest BCUT2D eigenvalue weighted by Gasteiger charge is 2.10. The van der Waals surface area contributed by atoms with Gasteiger partial charge in [-0.2, -0.15) is 0 Å². The first kappa shape index (κ1) is 14.2. The third-order valence-electron chi connectivity index (χ3n) is 2.86. The molecule has 7 heteroatoms. The van der Waals surface area contributed by atoms with Crippen LogP contribution in [0.5, 0.6) is 5.75 Å². The van der Waals surface area contributed by atoms with Gasteiger partial charge in [0.1, 0.15) is 17.3 Å². The molecule has 2 heterocycles. The van der Waals surface area contributed by atoms with E-state index >= 15 is 0 Å². The number of thiophene rings is 1. The van der Waals surface area contributed by atoms with Crippen molar-refractivity contribution in [2.75, 3.05) is 12.4 Å². The second-order valence-electron chi connectivity index (χ2n) is 4.24. The van der Waals surface area contributed by atoms with Crippen LogP contribution in [-0.2, 0) is 6.61 Å². The molecule has 0 bridgehead atoms. The van der Waals surface area contributed by atoms with Crippen LogP contribution in [0.4, 0.5) is 10.2 Å². The fourth-order valence-corrected chi connectivity index (χ4v) is 3.01. The van der Waals surface area contributed by atoms with Crippen molar-refractivity contribution in [3.8, 4) is 5.75 Å². The van der Waals surface area contributed by atoms with Crippen LogP contribution in [0.1, 0.15) is 5.82 Å². The van der Waals surface area contributed by atoms with E-state index in [1.807, 2.05) is 11.4 Å². The first-order valence-electron chi connectivity index (χ1n) is 6.17. The van der Waals surface area contributed by atoms with Gasteiger partial charge in [-0.05, 0) is 29.6 Å². The Bertz CT molecular complexity index is 793. The van der Waals surface area contributed by atoms with E-state index in [1.165, 1.54) is 17.4 Å². The standard InChI is InChI=1S/C14H11BrFN3OS/c1-17-13-9-4-5-21-14(9)19-12(18-13)7-20-11-6-8(15)2-3-10(11)16/h2-6H,7H2,1H3,(H,17,18,19). The maximum Gasteiger partial charge on any atom is 0.169 e. The molecule has 0 saturated carbocycles. The van der Waals surface area contributed by atoms with Crippen LogP contribution in [0.3, 0.4) is 0 Å². The lowest BCUT2D eigenvalue weighted by molar-refractivity contribution is 0.281. The molecule has 21 heavy (non-hydrogen) atoms. The van der Waals surface area contributed by atoms with Crippen LogP contribution in [0.25, 0.3) is 10.2 Å². The number of hydrogen-bond acceptors (Lipinski definition) is 5. The molecule has 0 aliphatic carbocycles. The van der Waals surface area contributed by atoms with Crippen molar-refractivity contribution in [2.24, 2.45) is 0 Å². The summed E-state index contributed by atoms with van der Waals surface area (Å²) in [5.41, 5.74) is 0. The summed E-state index contributed by atoms with van der Waals surface area (Å²) < 4.78 is 19.9. The topological polar surface area (TPSA) is 47.0 Å². The van der Waals surface area contributed by atoms with Gasteiger partial charge in [0.2, 0.25) is 0 Å². The highest BCUT2D eigenvalue weighted by atomic mass is 79.9. The lowest BCUT2D eigenvalue weighted by atomic mass is 10.3. The molecule has 1 N–H and O–H groups in total. The predicted octanol–water partition coefficient (Wildman–Crippen LogP) is 4.21. The Morgan fingerprint density at radius 3 is 3.00 bits per heavy atom. The van der Waals surface area contributed by atoms with Gasteiger partial charge in [0.25, 0.3) is 0 Å². The van der Waals surface area contributed by atoms with Crippen molar-refractivity contribution in [1.29, 1.82) is 0 Å². The largest absolute Gasteiger partial charge is 0.482 e. The number of halogens is 2. The van der Waals surface area contributed by atoms with Crippen LogP contribution in [0.15, 0.2) is 34.1 Å². The highest BCUT2D eigenvalue weighted by molar-refractivity contribution is 9.10. The van der Waals surface area contributed by atoms with E-state index in [4.69, 9.17) is 4.74 Å². The van der Waals surface area contributed by atoms with Crippen molar-refractivity contribution >= 4 is 43.3 Å². The molecule has 0 spiro atoms. The summed E-state index contributed by atoms with van der Waals surface area (Å²) in [6, 6.07) is 6.51. The molecule has 0 saturated heterocycles. The smallest absolute Gasteiger partial charge is 0.169 e. The number of nitrogens with one attached hydrogen (secondary N) is 1. The Morgan fingerprint density at radius 2 is 2.19 bits per heavy atom. The normalized spacial score (nSPS) is 10.8. The van der Waals surface area contributed by atoms with Gasteiger partial charge in [-0.15, -0.1) is 11.3 Å². The molecule has 108 valence electrons. The molecule has 0 aliphatic heterocycles. The van der Waals surface area contributed by atoms with Crippen LogP contribution in [0.2, 0.25) is 0 Å². The summed E-state index contributed by atoms with van der Waals surface area (Å²) in [4.78, 5) is 9.68. The zero-order valence-corrected chi connectivity index (χ0v) is 13.5. The maximum absolute atomic E-state index is 13.6. The number of aromatic nitrogens is 2. The fourth-order valence-electron chi connectivity index (χ4n) is 1.88. The minimum absolute atomic E-state index is 0.107. The van der Waals surface area contributed by atoms with Gasteiger partial charge in [0.05, 0.1) is 5.39 Å². The first-order valence-corrected chi connectivity index (χ1v) is 7.84. The monoisotopic (exact) mass is 367 g/mol. The molecule has 2 aromatic heterocycles. The number of nitrogens with zero attached hydrogens (tertiary/aromatic N) is 2. The second kappa shape index (κ2) is 5.95. The van der Waals surface area contributed by atoms with Crippen LogP contribution in [-0.4, -0.2) is 17.0 Å². The van der Waals surface area contributed by atoms with Gasteiger partial charge in [0, 0.05) is 11.5 Å². The average Bonchev–Trinajstić information content (AvgIpc) is 2.95. The zero-order valence-electron chi connectivity index (χ0n) is 11.1. The molecular weight excluding hydrogens is 357 g/mol. The number of benzene rings is 1. The summed E-state index contributed by atoms with van der Waals surface area (Å²) in [5.74, 6) is 1.01. The molecule has 3 rings (SSSR count). The average molecular weight is 368 g/mol. The number of hydrogen-bond donors (Lipinski definition) is 1. The van der Waals surface area contributed by atoms with Gasteiger partial charge in [-0.3, -0.25) is 0 Å². The Hall–Kier alpha value is -1.73. The minimum atomic E-state index is -0.413. The summed E-state index contributed by atoms with van der Waals surface area (Å²) in [6.45, 7) is 0.107. The molecule has 0 amide bonds. The molecular formula is C14H11BrFN3OS. The first-order chi connectivity index (χ1) is 10.2. The van der Waals surface area contributed by atoms with E-state index in [2.05, 4.69) is 31.2 Å². The van der Waals surface area contributed by atoms with Crippen LogP contribution < -0.4 is 10.1 Å².